The molecule has 0 atom stereocenters. The van der Waals surface area contributed by atoms with Gasteiger partial charge >= 0.3 is 0 Å². The molecule has 0 aromatic carbocycles. The smallest absolute Gasteiger partial charge is 0.236 e. The minimum atomic E-state index is -0.276. The monoisotopic (exact) mass is 283 g/mol. The van der Waals surface area contributed by atoms with Crippen molar-refractivity contribution in [2.45, 2.75) is 57.8 Å². The van der Waals surface area contributed by atoms with E-state index >= 15 is 0 Å². The number of morpholine rings is 1. The van der Waals surface area contributed by atoms with Gasteiger partial charge in [0.1, 0.15) is 0 Å². The summed E-state index contributed by atoms with van der Waals surface area (Å²) in [6.45, 7) is 11.9. The van der Waals surface area contributed by atoms with E-state index in [2.05, 4.69) is 4.90 Å². The van der Waals surface area contributed by atoms with Gasteiger partial charge in [-0.25, -0.2) is 0 Å². The van der Waals surface area contributed by atoms with E-state index < -0.39 is 0 Å². The maximum Gasteiger partial charge on any atom is 0.236 e. The van der Waals surface area contributed by atoms with Crippen LogP contribution in [0.25, 0.3) is 0 Å². The van der Waals surface area contributed by atoms with Crippen LogP contribution in [0, 0.1) is 0 Å². The van der Waals surface area contributed by atoms with Crippen LogP contribution < -0.4 is 5.73 Å². The first-order valence-corrected chi connectivity index (χ1v) is 7.63. The fourth-order valence-corrected chi connectivity index (χ4v) is 3.37. The molecule has 2 aliphatic rings. The first kappa shape index (κ1) is 15.7. The summed E-state index contributed by atoms with van der Waals surface area (Å²) in [5.41, 5.74) is 5.35. The van der Waals surface area contributed by atoms with Crippen LogP contribution >= 0.6 is 0 Å². The molecule has 2 fully saturated rings. The zero-order valence-corrected chi connectivity index (χ0v) is 13.3. The van der Waals surface area contributed by atoms with Crippen LogP contribution in [0.2, 0.25) is 0 Å². The Morgan fingerprint density at radius 3 is 2.15 bits per heavy atom. The van der Waals surface area contributed by atoms with Crippen molar-refractivity contribution in [3.63, 3.8) is 0 Å². The number of piperidine rings is 1. The summed E-state index contributed by atoms with van der Waals surface area (Å²) in [6.07, 6.45) is 1.99. The zero-order chi connectivity index (χ0) is 15.0. The van der Waals surface area contributed by atoms with Crippen LogP contribution in [0.3, 0.4) is 0 Å². The zero-order valence-electron chi connectivity index (χ0n) is 13.3. The summed E-state index contributed by atoms with van der Waals surface area (Å²) >= 11 is 0. The second-order valence-electron chi connectivity index (χ2n) is 7.48. The van der Waals surface area contributed by atoms with Crippen molar-refractivity contribution in [1.29, 1.82) is 0 Å². The number of rotatable bonds is 2. The van der Waals surface area contributed by atoms with E-state index in [1.807, 2.05) is 32.6 Å². The second-order valence-corrected chi connectivity index (χ2v) is 7.48. The van der Waals surface area contributed by atoms with Crippen molar-refractivity contribution in [2.75, 3.05) is 32.7 Å². The number of ether oxygens (including phenoxy) is 1. The molecule has 0 spiro atoms. The number of nitrogens with zero attached hydrogens (tertiary/aromatic N) is 2. The summed E-state index contributed by atoms with van der Waals surface area (Å²) in [5.74, 6) is 0.213. The number of amides is 1. The molecule has 0 saturated carbocycles. The van der Waals surface area contributed by atoms with Crippen molar-refractivity contribution < 1.29 is 9.53 Å². The van der Waals surface area contributed by atoms with Crippen molar-refractivity contribution in [2.24, 2.45) is 5.73 Å². The van der Waals surface area contributed by atoms with Crippen LogP contribution in [0.5, 0.6) is 0 Å². The lowest BCUT2D eigenvalue weighted by molar-refractivity contribution is -0.188. The predicted molar refractivity (Wildman–Crippen MR) is 79.5 cm³/mol. The fourth-order valence-electron chi connectivity index (χ4n) is 3.37. The summed E-state index contributed by atoms with van der Waals surface area (Å²) in [5, 5.41) is 0. The lowest BCUT2D eigenvalue weighted by atomic mass is 9.98. The molecule has 0 unspecified atom stereocenters. The Morgan fingerprint density at radius 2 is 1.65 bits per heavy atom. The first-order chi connectivity index (χ1) is 9.17. The molecule has 20 heavy (non-hydrogen) atoms. The standard InChI is InChI=1S/C15H29N3O2/c1-14(2)10-18(11-15(3,4)20-14)13(19)9-17-7-5-12(16)6-8-17/h12H,5-11,16H2,1-4H3. The molecule has 2 N–H and O–H groups in total. The Kier molecular flexibility index (Phi) is 4.42. The number of likely N-dealkylation sites (tertiary alicyclic amines) is 1. The molecule has 2 rings (SSSR count). The highest BCUT2D eigenvalue weighted by molar-refractivity contribution is 5.78. The average Bonchev–Trinajstić information content (AvgIpc) is 2.28. The average molecular weight is 283 g/mol. The largest absolute Gasteiger partial charge is 0.366 e. The van der Waals surface area contributed by atoms with Gasteiger partial charge in [-0.1, -0.05) is 0 Å². The third-order valence-corrected chi connectivity index (χ3v) is 4.04. The lowest BCUT2D eigenvalue weighted by Crippen LogP contribution is -2.60. The molecule has 2 heterocycles. The number of hydrogen-bond donors (Lipinski definition) is 1. The molecule has 0 aromatic heterocycles. The van der Waals surface area contributed by atoms with Gasteiger partial charge in [0.2, 0.25) is 5.91 Å². The van der Waals surface area contributed by atoms with Gasteiger partial charge in [0.05, 0.1) is 17.7 Å². The van der Waals surface area contributed by atoms with Gasteiger partial charge in [-0.15, -0.1) is 0 Å². The van der Waals surface area contributed by atoms with E-state index in [4.69, 9.17) is 10.5 Å². The molecule has 2 saturated heterocycles. The highest BCUT2D eigenvalue weighted by Crippen LogP contribution is 2.28. The predicted octanol–water partition coefficient (Wildman–Crippen LogP) is 0.826. The van der Waals surface area contributed by atoms with Gasteiger partial charge in [0, 0.05) is 32.2 Å². The Bertz CT molecular complexity index is 344. The number of hydrogen-bond acceptors (Lipinski definition) is 4. The summed E-state index contributed by atoms with van der Waals surface area (Å²) < 4.78 is 6.02. The lowest BCUT2D eigenvalue weighted by Gasteiger charge is -2.47. The highest BCUT2D eigenvalue weighted by atomic mass is 16.5. The quantitative estimate of drug-likeness (QED) is 0.815. The van der Waals surface area contributed by atoms with E-state index in [1.165, 1.54) is 0 Å². The molecule has 2 aliphatic heterocycles. The molecule has 5 heteroatoms. The summed E-state index contributed by atoms with van der Waals surface area (Å²) in [7, 11) is 0. The van der Waals surface area contributed by atoms with Gasteiger partial charge in [0.15, 0.2) is 0 Å². The van der Waals surface area contributed by atoms with Crippen molar-refractivity contribution in [3.05, 3.63) is 0 Å². The van der Waals surface area contributed by atoms with Gasteiger partial charge in [-0.2, -0.15) is 0 Å². The van der Waals surface area contributed by atoms with Crippen LogP contribution in [0.1, 0.15) is 40.5 Å². The maximum absolute atomic E-state index is 12.5. The summed E-state index contributed by atoms with van der Waals surface area (Å²) in [4.78, 5) is 16.7. The van der Waals surface area contributed by atoms with Crippen molar-refractivity contribution >= 4 is 5.91 Å². The van der Waals surface area contributed by atoms with Crippen LogP contribution in [-0.4, -0.2) is 65.7 Å². The van der Waals surface area contributed by atoms with Crippen LogP contribution in [0.4, 0.5) is 0 Å². The normalized spacial score (nSPS) is 27.6. The van der Waals surface area contributed by atoms with E-state index in [0.717, 1.165) is 25.9 Å². The molecule has 0 bridgehead atoms. The Balaban J connectivity index is 1.91. The molecule has 0 radical (unpaired) electrons. The molecular weight excluding hydrogens is 254 g/mol. The number of carbonyl (C=O) groups excluding carboxylic acids is 1. The molecular formula is C15H29N3O2. The van der Waals surface area contributed by atoms with Gasteiger partial charge < -0.3 is 15.4 Å². The second kappa shape index (κ2) is 5.62. The topological polar surface area (TPSA) is 58.8 Å². The van der Waals surface area contributed by atoms with Gasteiger partial charge in [0.25, 0.3) is 0 Å². The van der Waals surface area contributed by atoms with Crippen molar-refractivity contribution in [3.8, 4) is 0 Å². The van der Waals surface area contributed by atoms with E-state index in [9.17, 15) is 4.79 Å². The molecule has 116 valence electrons. The third-order valence-electron chi connectivity index (χ3n) is 4.04. The summed E-state index contributed by atoms with van der Waals surface area (Å²) in [6, 6.07) is 0.308. The van der Waals surface area contributed by atoms with Crippen molar-refractivity contribution in [1.82, 2.24) is 9.80 Å². The molecule has 0 aromatic rings. The Hall–Kier alpha value is -0.650. The fraction of sp³-hybridized carbons (Fsp3) is 0.933. The number of nitrogens with two attached hydrogens (primary N) is 1. The van der Waals surface area contributed by atoms with Crippen LogP contribution in [0.15, 0.2) is 0 Å². The Labute approximate surface area is 122 Å². The minimum Gasteiger partial charge on any atom is -0.366 e. The molecule has 5 nitrogen and oxygen atoms in total. The maximum atomic E-state index is 12.5. The van der Waals surface area contributed by atoms with Crippen LogP contribution in [-0.2, 0) is 9.53 Å². The van der Waals surface area contributed by atoms with E-state index in [1.54, 1.807) is 0 Å². The Morgan fingerprint density at radius 1 is 1.15 bits per heavy atom. The van der Waals surface area contributed by atoms with Gasteiger partial charge in [-0.3, -0.25) is 9.69 Å². The SMILES string of the molecule is CC1(C)CN(C(=O)CN2CCC(N)CC2)CC(C)(C)O1. The first-order valence-electron chi connectivity index (χ1n) is 7.63. The number of carbonyl (C=O) groups is 1. The van der Waals surface area contributed by atoms with Gasteiger partial charge in [-0.05, 0) is 40.5 Å². The van der Waals surface area contributed by atoms with E-state index in [-0.39, 0.29) is 17.1 Å². The highest BCUT2D eigenvalue weighted by Gasteiger charge is 2.40. The van der Waals surface area contributed by atoms with E-state index in [0.29, 0.717) is 25.7 Å². The molecule has 0 aliphatic carbocycles. The third kappa shape index (κ3) is 4.17. The minimum absolute atomic E-state index is 0.213. The molecule has 1 amide bonds.